The number of benzene rings is 2. The van der Waals surface area contributed by atoms with E-state index in [1.807, 2.05) is 6.07 Å². The standard InChI is InChI=1S/C19H18ClNO4S/c1-13-15(20)6-4-8-18(13)26(23,24)21-10-9-19(12-21)11-16(22)14-5-2-3-7-17(14)25-19/h2-8H,9-12H2,1H3/t19-/m1/s1. The second-order valence-corrected chi connectivity index (χ2v) is 9.15. The Morgan fingerprint density at radius 2 is 1.92 bits per heavy atom. The minimum Gasteiger partial charge on any atom is -0.485 e. The molecule has 2 aromatic carbocycles. The molecule has 0 bridgehead atoms. The Labute approximate surface area is 157 Å². The molecule has 136 valence electrons. The van der Waals surface area contributed by atoms with Crippen LogP contribution in [-0.4, -0.2) is 37.2 Å². The second kappa shape index (κ2) is 6.08. The zero-order valence-corrected chi connectivity index (χ0v) is 15.8. The van der Waals surface area contributed by atoms with Crippen molar-refractivity contribution in [2.45, 2.75) is 30.3 Å². The molecule has 1 fully saturated rings. The van der Waals surface area contributed by atoms with Gasteiger partial charge in [0.25, 0.3) is 0 Å². The number of para-hydroxylation sites is 1. The fraction of sp³-hybridized carbons (Fsp3) is 0.316. The molecular formula is C19H18ClNO4S. The number of rotatable bonds is 2. The molecule has 7 heteroatoms. The maximum Gasteiger partial charge on any atom is 0.243 e. The van der Waals surface area contributed by atoms with Crippen LogP contribution in [0.15, 0.2) is 47.4 Å². The van der Waals surface area contributed by atoms with Crippen molar-refractivity contribution >= 4 is 27.4 Å². The highest BCUT2D eigenvalue weighted by atomic mass is 35.5. The van der Waals surface area contributed by atoms with Crippen molar-refractivity contribution in [1.29, 1.82) is 0 Å². The van der Waals surface area contributed by atoms with E-state index >= 15 is 0 Å². The monoisotopic (exact) mass is 391 g/mol. The highest BCUT2D eigenvalue weighted by Crippen LogP contribution is 2.40. The summed E-state index contributed by atoms with van der Waals surface area (Å²) in [6.45, 7) is 2.16. The van der Waals surface area contributed by atoms with Crippen molar-refractivity contribution in [3.8, 4) is 5.75 Å². The van der Waals surface area contributed by atoms with Crippen LogP contribution in [0.25, 0.3) is 0 Å². The van der Waals surface area contributed by atoms with E-state index in [1.54, 1.807) is 43.3 Å². The van der Waals surface area contributed by atoms with Crippen LogP contribution in [0.1, 0.15) is 28.8 Å². The average Bonchev–Trinajstić information content (AvgIpc) is 3.01. The summed E-state index contributed by atoms with van der Waals surface area (Å²) in [6, 6.07) is 12.0. The number of fused-ring (bicyclic) bond motifs is 1. The van der Waals surface area contributed by atoms with Gasteiger partial charge in [0.2, 0.25) is 10.0 Å². The van der Waals surface area contributed by atoms with Crippen LogP contribution >= 0.6 is 11.6 Å². The maximum atomic E-state index is 13.1. The quantitative estimate of drug-likeness (QED) is 0.786. The van der Waals surface area contributed by atoms with E-state index in [0.717, 1.165) is 0 Å². The van der Waals surface area contributed by atoms with E-state index in [9.17, 15) is 13.2 Å². The summed E-state index contributed by atoms with van der Waals surface area (Å²) in [5, 5.41) is 0.415. The molecule has 4 rings (SSSR count). The molecular weight excluding hydrogens is 374 g/mol. The fourth-order valence-corrected chi connectivity index (χ4v) is 5.68. The minimum atomic E-state index is -3.70. The number of hydrogen-bond acceptors (Lipinski definition) is 4. The molecule has 2 aromatic rings. The molecule has 2 heterocycles. The number of nitrogens with zero attached hydrogens (tertiary/aromatic N) is 1. The number of ketones is 1. The first-order valence-electron chi connectivity index (χ1n) is 8.39. The Balaban J connectivity index is 1.65. The van der Waals surface area contributed by atoms with E-state index in [0.29, 0.717) is 34.9 Å². The third-order valence-electron chi connectivity index (χ3n) is 5.11. The molecule has 1 spiro atoms. The van der Waals surface area contributed by atoms with Crippen molar-refractivity contribution < 1.29 is 17.9 Å². The SMILES string of the molecule is Cc1c(Cl)cccc1S(=O)(=O)N1CC[C@@]2(CC(=O)c3ccccc3O2)C1. The molecule has 2 aliphatic heterocycles. The molecule has 0 aromatic heterocycles. The molecule has 0 amide bonds. The van der Waals surface area contributed by atoms with Crippen molar-refractivity contribution in [2.75, 3.05) is 13.1 Å². The lowest BCUT2D eigenvalue weighted by Gasteiger charge is -2.34. The minimum absolute atomic E-state index is 0.00923. The van der Waals surface area contributed by atoms with E-state index in [2.05, 4.69) is 0 Å². The molecule has 0 aliphatic carbocycles. The van der Waals surface area contributed by atoms with Crippen LogP contribution in [0.4, 0.5) is 0 Å². The lowest BCUT2D eigenvalue weighted by Crippen LogP contribution is -2.45. The Kier molecular flexibility index (Phi) is 4.10. The van der Waals surface area contributed by atoms with Crippen LogP contribution in [0.2, 0.25) is 5.02 Å². The first kappa shape index (κ1) is 17.5. The normalized spacial score (nSPS) is 23.1. The molecule has 0 saturated carbocycles. The zero-order valence-electron chi connectivity index (χ0n) is 14.2. The number of carbonyl (C=O) groups excluding carboxylic acids is 1. The van der Waals surface area contributed by atoms with Gasteiger partial charge in [-0.25, -0.2) is 8.42 Å². The predicted octanol–water partition coefficient (Wildman–Crippen LogP) is 3.45. The van der Waals surface area contributed by atoms with E-state index in [1.165, 1.54) is 4.31 Å². The summed E-state index contributed by atoms with van der Waals surface area (Å²) in [7, 11) is -3.70. The molecule has 2 aliphatic rings. The number of sulfonamides is 1. The van der Waals surface area contributed by atoms with Gasteiger partial charge in [-0.1, -0.05) is 29.8 Å². The maximum absolute atomic E-state index is 13.1. The van der Waals surface area contributed by atoms with Gasteiger partial charge in [0.05, 0.1) is 23.4 Å². The Morgan fingerprint density at radius 1 is 1.15 bits per heavy atom. The molecule has 1 atom stereocenters. The van der Waals surface area contributed by atoms with Crippen molar-refractivity contribution in [3.63, 3.8) is 0 Å². The first-order chi connectivity index (χ1) is 12.3. The molecule has 1 saturated heterocycles. The summed E-state index contributed by atoms with van der Waals surface area (Å²) in [6.07, 6.45) is 0.663. The number of hydrogen-bond donors (Lipinski definition) is 0. The number of ether oxygens (including phenoxy) is 1. The number of Topliss-reactive ketones (excluding diaryl/α,β-unsaturated/α-hetero) is 1. The van der Waals surface area contributed by atoms with E-state index in [4.69, 9.17) is 16.3 Å². The van der Waals surface area contributed by atoms with Gasteiger partial charge in [0, 0.05) is 18.0 Å². The van der Waals surface area contributed by atoms with Gasteiger partial charge in [0.1, 0.15) is 11.4 Å². The van der Waals surface area contributed by atoms with Gasteiger partial charge >= 0.3 is 0 Å². The largest absolute Gasteiger partial charge is 0.485 e. The van der Waals surface area contributed by atoms with Crippen LogP contribution in [-0.2, 0) is 10.0 Å². The Morgan fingerprint density at radius 3 is 2.73 bits per heavy atom. The van der Waals surface area contributed by atoms with E-state index in [-0.39, 0.29) is 23.6 Å². The van der Waals surface area contributed by atoms with Crippen LogP contribution in [0.5, 0.6) is 5.75 Å². The predicted molar refractivity (Wildman–Crippen MR) is 98.3 cm³/mol. The van der Waals surface area contributed by atoms with Gasteiger partial charge in [-0.3, -0.25) is 4.79 Å². The molecule has 0 unspecified atom stereocenters. The topological polar surface area (TPSA) is 63.7 Å². The molecule has 26 heavy (non-hydrogen) atoms. The lowest BCUT2D eigenvalue weighted by atomic mass is 9.89. The first-order valence-corrected chi connectivity index (χ1v) is 10.2. The zero-order chi connectivity index (χ0) is 18.5. The second-order valence-electron chi connectivity index (χ2n) is 6.83. The van der Waals surface area contributed by atoms with Crippen LogP contribution < -0.4 is 4.74 Å². The van der Waals surface area contributed by atoms with Crippen molar-refractivity contribution in [2.24, 2.45) is 0 Å². The van der Waals surface area contributed by atoms with Gasteiger partial charge in [-0.2, -0.15) is 4.31 Å². The summed E-state index contributed by atoms with van der Waals surface area (Å²) < 4.78 is 33.7. The van der Waals surface area contributed by atoms with Crippen molar-refractivity contribution in [3.05, 3.63) is 58.6 Å². The third-order valence-corrected chi connectivity index (χ3v) is 7.51. The highest BCUT2D eigenvalue weighted by Gasteiger charge is 2.49. The third kappa shape index (κ3) is 2.73. The summed E-state index contributed by atoms with van der Waals surface area (Å²) >= 11 is 6.09. The highest BCUT2D eigenvalue weighted by molar-refractivity contribution is 7.89. The lowest BCUT2D eigenvalue weighted by molar-refractivity contribution is 0.0498. The Bertz CT molecular complexity index is 1000. The molecule has 0 radical (unpaired) electrons. The molecule has 5 nitrogen and oxygen atoms in total. The van der Waals surface area contributed by atoms with Gasteiger partial charge in [-0.15, -0.1) is 0 Å². The smallest absolute Gasteiger partial charge is 0.243 e. The fourth-order valence-electron chi connectivity index (χ4n) is 3.69. The van der Waals surface area contributed by atoms with Crippen LogP contribution in [0.3, 0.4) is 0 Å². The summed E-state index contributed by atoms with van der Waals surface area (Å²) in [5.74, 6) is 0.520. The van der Waals surface area contributed by atoms with Gasteiger partial charge in [-0.05, 0) is 36.8 Å². The van der Waals surface area contributed by atoms with E-state index < -0.39 is 15.6 Å². The molecule has 0 N–H and O–H groups in total. The average molecular weight is 392 g/mol. The number of halogens is 1. The van der Waals surface area contributed by atoms with Crippen molar-refractivity contribution in [1.82, 2.24) is 4.31 Å². The summed E-state index contributed by atoms with van der Waals surface area (Å²) in [5.41, 5.74) is 0.288. The van der Waals surface area contributed by atoms with Gasteiger partial charge < -0.3 is 4.74 Å². The summed E-state index contributed by atoms with van der Waals surface area (Å²) in [4.78, 5) is 12.7. The van der Waals surface area contributed by atoms with Gasteiger partial charge in [0.15, 0.2) is 5.78 Å². The Hall–Kier alpha value is -1.89. The van der Waals surface area contributed by atoms with Crippen LogP contribution in [0, 0.1) is 6.92 Å². The number of carbonyl (C=O) groups is 1.